The lowest BCUT2D eigenvalue weighted by Crippen LogP contribution is -2.54. The Bertz CT molecular complexity index is 854. The molecule has 1 aliphatic carbocycles. The van der Waals surface area contributed by atoms with Gasteiger partial charge in [-0.1, -0.05) is 30.3 Å². The maximum absolute atomic E-state index is 13.3. The van der Waals surface area contributed by atoms with Crippen molar-refractivity contribution in [2.75, 3.05) is 19.3 Å². The highest BCUT2D eigenvalue weighted by Crippen LogP contribution is 2.23. The van der Waals surface area contributed by atoms with Crippen LogP contribution in [0.4, 0.5) is 0 Å². The Morgan fingerprint density at radius 2 is 1.81 bits per heavy atom. The molecule has 0 radical (unpaired) electrons. The molecule has 0 spiro atoms. The molecule has 0 aromatic heterocycles. The Hall–Kier alpha value is -1.97. The van der Waals surface area contributed by atoms with E-state index in [0.717, 1.165) is 43.9 Å². The van der Waals surface area contributed by atoms with E-state index in [1.165, 1.54) is 4.90 Å². The molecule has 1 saturated heterocycles. The summed E-state index contributed by atoms with van der Waals surface area (Å²) in [7, 11) is -3.59. The van der Waals surface area contributed by atoms with Gasteiger partial charge in [0, 0.05) is 19.1 Å². The summed E-state index contributed by atoms with van der Waals surface area (Å²) in [4.78, 5) is 27.7. The summed E-state index contributed by atoms with van der Waals surface area (Å²) < 4.78 is 26.3. The molecule has 1 heterocycles. The maximum Gasteiger partial charge on any atom is 0.242 e. The SMILES string of the molecule is CS(=O)(=O)NC(Cc1ccccc1)C(=O)N1CCCC1C(=O)NCC1CCC(N)CC1. The van der Waals surface area contributed by atoms with Crippen LogP contribution in [0.3, 0.4) is 0 Å². The van der Waals surface area contributed by atoms with Crippen LogP contribution in [0.25, 0.3) is 0 Å². The predicted octanol–water partition coefficient (Wildman–Crippen LogP) is 0.772. The van der Waals surface area contributed by atoms with Gasteiger partial charge in [-0.3, -0.25) is 9.59 Å². The van der Waals surface area contributed by atoms with Crippen LogP contribution in [0.15, 0.2) is 30.3 Å². The minimum absolute atomic E-state index is 0.154. The smallest absolute Gasteiger partial charge is 0.242 e. The number of hydrogen-bond donors (Lipinski definition) is 3. The van der Waals surface area contributed by atoms with Gasteiger partial charge in [0.05, 0.1) is 6.26 Å². The number of sulfonamides is 1. The Balaban J connectivity index is 1.64. The van der Waals surface area contributed by atoms with Gasteiger partial charge in [-0.2, -0.15) is 0 Å². The molecule has 172 valence electrons. The molecular weight excluding hydrogens is 416 g/mol. The van der Waals surface area contributed by atoms with Gasteiger partial charge in [-0.15, -0.1) is 0 Å². The molecule has 1 aromatic carbocycles. The van der Waals surface area contributed by atoms with E-state index in [0.29, 0.717) is 25.4 Å². The number of nitrogens with zero attached hydrogens (tertiary/aromatic N) is 1. The Kier molecular flexibility index (Phi) is 8.07. The van der Waals surface area contributed by atoms with E-state index in [1.807, 2.05) is 30.3 Å². The first-order valence-electron chi connectivity index (χ1n) is 11.1. The minimum Gasteiger partial charge on any atom is -0.354 e. The van der Waals surface area contributed by atoms with E-state index in [2.05, 4.69) is 10.0 Å². The fraction of sp³-hybridized carbons (Fsp3) is 0.636. The van der Waals surface area contributed by atoms with Crippen LogP contribution in [0.2, 0.25) is 0 Å². The van der Waals surface area contributed by atoms with E-state index >= 15 is 0 Å². The molecule has 1 aliphatic heterocycles. The molecule has 2 amide bonds. The zero-order chi connectivity index (χ0) is 22.4. The van der Waals surface area contributed by atoms with Crippen LogP contribution >= 0.6 is 0 Å². The number of rotatable bonds is 8. The molecule has 31 heavy (non-hydrogen) atoms. The molecule has 2 unspecified atom stereocenters. The third kappa shape index (κ3) is 7.02. The second-order valence-electron chi connectivity index (χ2n) is 8.85. The highest BCUT2D eigenvalue weighted by molar-refractivity contribution is 7.88. The van der Waals surface area contributed by atoms with Gasteiger partial charge in [-0.25, -0.2) is 13.1 Å². The molecule has 2 fully saturated rings. The largest absolute Gasteiger partial charge is 0.354 e. The maximum atomic E-state index is 13.3. The summed E-state index contributed by atoms with van der Waals surface area (Å²) in [6.07, 6.45) is 6.56. The fourth-order valence-corrected chi connectivity index (χ4v) is 5.25. The molecule has 9 heteroatoms. The highest BCUT2D eigenvalue weighted by atomic mass is 32.2. The molecule has 0 bridgehead atoms. The molecule has 2 atom stereocenters. The first-order valence-corrected chi connectivity index (χ1v) is 13.0. The Morgan fingerprint density at radius 3 is 2.45 bits per heavy atom. The van der Waals surface area contributed by atoms with Crippen LogP contribution in [0.5, 0.6) is 0 Å². The summed E-state index contributed by atoms with van der Waals surface area (Å²) in [5.74, 6) is -0.0823. The van der Waals surface area contributed by atoms with Crippen LogP contribution < -0.4 is 15.8 Å². The molecule has 1 aromatic rings. The second-order valence-corrected chi connectivity index (χ2v) is 10.6. The quantitative estimate of drug-likeness (QED) is 0.540. The fourth-order valence-electron chi connectivity index (χ4n) is 4.55. The van der Waals surface area contributed by atoms with Crippen molar-refractivity contribution in [3.05, 3.63) is 35.9 Å². The zero-order valence-electron chi connectivity index (χ0n) is 18.1. The van der Waals surface area contributed by atoms with Crippen LogP contribution in [-0.4, -0.2) is 62.6 Å². The van der Waals surface area contributed by atoms with Gasteiger partial charge in [0.2, 0.25) is 21.8 Å². The number of likely N-dealkylation sites (tertiary alicyclic amines) is 1. The summed E-state index contributed by atoms with van der Waals surface area (Å²) >= 11 is 0. The Morgan fingerprint density at radius 1 is 1.13 bits per heavy atom. The van der Waals surface area contributed by atoms with E-state index in [-0.39, 0.29) is 24.3 Å². The third-order valence-corrected chi connectivity index (χ3v) is 6.94. The molecule has 8 nitrogen and oxygen atoms in total. The van der Waals surface area contributed by atoms with Crippen LogP contribution in [-0.2, 0) is 26.0 Å². The number of nitrogens with two attached hydrogens (primary N) is 1. The average Bonchev–Trinajstić information content (AvgIpc) is 3.22. The Labute approximate surface area is 185 Å². The summed E-state index contributed by atoms with van der Waals surface area (Å²) in [6.45, 7) is 1.05. The number of benzene rings is 1. The summed E-state index contributed by atoms with van der Waals surface area (Å²) in [5, 5.41) is 3.02. The molecule has 4 N–H and O–H groups in total. The van der Waals surface area contributed by atoms with E-state index < -0.39 is 22.1 Å². The van der Waals surface area contributed by atoms with Crippen molar-refractivity contribution in [2.45, 2.75) is 63.1 Å². The third-order valence-electron chi connectivity index (χ3n) is 6.23. The van der Waals surface area contributed by atoms with Crippen molar-refractivity contribution in [1.29, 1.82) is 0 Å². The van der Waals surface area contributed by atoms with Gasteiger partial charge < -0.3 is 16.0 Å². The number of amides is 2. The zero-order valence-corrected chi connectivity index (χ0v) is 18.9. The first-order chi connectivity index (χ1) is 14.7. The van der Waals surface area contributed by atoms with Crippen LogP contribution in [0.1, 0.15) is 44.1 Å². The summed E-state index contributed by atoms with van der Waals surface area (Å²) in [6, 6.07) is 8.04. The number of hydrogen-bond acceptors (Lipinski definition) is 5. The number of carbonyl (C=O) groups excluding carboxylic acids is 2. The topological polar surface area (TPSA) is 122 Å². The van der Waals surface area contributed by atoms with Gasteiger partial charge in [0.15, 0.2) is 0 Å². The number of nitrogens with one attached hydrogen (secondary N) is 2. The van der Waals surface area contributed by atoms with Gasteiger partial charge >= 0.3 is 0 Å². The second kappa shape index (κ2) is 10.6. The molecule has 2 aliphatic rings. The normalized spacial score (nSPS) is 25.2. The van der Waals surface area contributed by atoms with Crippen molar-refractivity contribution in [3.63, 3.8) is 0 Å². The lowest BCUT2D eigenvalue weighted by molar-refractivity contribution is -0.139. The summed E-state index contributed by atoms with van der Waals surface area (Å²) in [5.41, 5.74) is 6.81. The van der Waals surface area contributed by atoms with E-state index in [9.17, 15) is 18.0 Å². The average molecular weight is 451 g/mol. The molecule has 3 rings (SSSR count). The minimum atomic E-state index is -3.59. The first kappa shape index (κ1) is 23.7. The lowest BCUT2D eigenvalue weighted by Gasteiger charge is -2.30. The standard InChI is InChI=1S/C22H34N4O4S/c1-31(29,30)25-19(14-16-6-3-2-4-7-16)22(28)26-13-5-8-20(26)21(27)24-15-17-9-11-18(23)12-10-17/h2-4,6-7,17-20,25H,5,8-15,23H2,1H3,(H,24,27). The van der Waals surface area contributed by atoms with Crippen molar-refractivity contribution in [1.82, 2.24) is 14.9 Å². The molecule has 1 saturated carbocycles. The monoisotopic (exact) mass is 450 g/mol. The van der Waals surface area contributed by atoms with Crippen LogP contribution in [0, 0.1) is 5.92 Å². The van der Waals surface area contributed by atoms with Gasteiger partial charge in [0.25, 0.3) is 0 Å². The van der Waals surface area contributed by atoms with Crippen molar-refractivity contribution in [3.8, 4) is 0 Å². The highest BCUT2D eigenvalue weighted by Gasteiger charge is 2.38. The van der Waals surface area contributed by atoms with Crippen molar-refractivity contribution in [2.24, 2.45) is 11.7 Å². The molecular formula is C22H34N4O4S. The van der Waals surface area contributed by atoms with Crippen molar-refractivity contribution < 1.29 is 18.0 Å². The van der Waals surface area contributed by atoms with E-state index in [1.54, 1.807) is 0 Å². The van der Waals surface area contributed by atoms with Crippen molar-refractivity contribution >= 4 is 21.8 Å². The van der Waals surface area contributed by atoms with E-state index in [4.69, 9.17) is 5.73 Å². The van der Waals surface area contributed by atoms with Gasteiger partial charge in [-0.05, 0) is 56.4 Å². The lowest BCUT2D eigenvalue weighted by atomic mass is 9.86. The van der Waals surface area contributed by atoms with Gasteiger partial charge in [0.1, 0.15) is 12.1 Å². The predicted molar refractivity (Wildman–Crippen MR) is 120 cm³/mol. The number of carbonyl (C=O) groups is 2.